The zero-order chi connectivity index (χ0) is 25.3. The summed E-state index contributed by atoms with van der Waals surface area (Å²) in [5.41, 5.74) is 2.05. The number of rotatable bonds is 6. The molecule has 0 aromatic heterocycles. The summed E-state index contributed by atoms with van der Waals surface area (Å²) in [7, 11) is 4.38. The van der Waals surface area contributed by atoms with Gasteiger partial charge < -0.3 is 19.3 Å². The number of hydrogen-bond donors (Lipinski definition) is 1. The first-order valence-electron chi connectivity index (χ1n) is 10.7. The van der Waals surface area contributed by atoms with Gasteiger partial charge >= 0.3 is 0 Å². The Morgan fingerprint density at radius 3 is 2.09 bits per heavy atom. The molecule has 1 unspecified atom stereocenters. The number of amides is 1. The maximum atomic E-state index is 13.4. The van der Waals surface area contributed by atoms with Gasteiger partial charge in [-0.05, 0) is 42.8 Å². The van der Waals surface area contributed by atoms with Gasteiger partial charge in [-0.2, -0.15) is 0 Å². The number of aryl methyl sites for hydroxylation is 1. The lowest BCUT2D eigenvalue weighted by atomic mass is 9.93. The Bertz CT molecular complexity index is 1330. The number of aliphatic hydroxyl groups excluding tert-OH is 1. The molecule has 7 nitrogen and oxygen atoms in total. The summed E-state index contributed by atoms with van der Waals surface area (Å²) in [5.74, 6) is -1.02. The van der Waals surface area contributed by atoms with Crippen LogP contribution in [0.5, 0.6) is 17.2 Å². The van der Waals surface area contributed by atoms with Crippen molar-refractivity contribution >= 4 is 34.7 Å². The normalized spacial score (nSPS) is 16.9. The third-order valence-electron chi connectivity index (χ3n) is 5.88. The van der Waals surface area contributed by atoms with Crippen LogP contribution in [0.15, 0.2) is 66.2 Å². The van der Waals surface area contributed by atoms with Gasteiger partial charge in [0.25, 0.3) is 11.7 Å². The van der Waals surface area contributed by atoms with Gasteiger partial charge in [0.2, 0.25) is 0 Å². The molecule has 0 spiro atoms. The van der Waals surface area contributed by atoms with Crippen molar-refractivity contribution in [2.75, 3.05) is 26.2 Å². The maximum absolute atomic E-state index is 13.4. The van der Waals surface area contributed by atoms with Crippen molar-refractivity contribution in [2.45, 2.75) is 13.0 Å². The Labute approximate surface area is 208 Å². The summed E-state index contributed by atoms with van der Waals surface area (Å²) >= 11 is 6.34. The summed E-state index contributed by atoms with van der Waals surface area (Å²) in [6.45, 7) is 1.91. The van der Waals surface area contributed by atoms with E-state index in [-0.39, 0.29) is 16.2 Å². The number of benzene rings is 3. The molecule has 1 aliphatic rings. The Kier molecular flexibility index (Phi) is 6.71. The lowest BCUT2D eigenvalue weighted by molar-refractivity contribution is -0.132. The molecule has 0 aliphatic carbocycles. The Balaban J connectivity index is 2.01. The average molecular weight is 494 g/mol. The molecule has 1 saturated heterocycles. The van der Waals surface area contributed by atoms with Crippen LogP contribution in [0.1, 0.15) is 22.7 Å². The molecule has 35 heavy (non-hydrogen) atoms. The molecule has 3 aromatic rings. The Morgan fingerprint density at radius 1 is 0.886 bits per heavy atom. The standard InChI is InChI=1S/C27H24ClNO6/c1-15-7-5-8-16(13-15)24-23(25(30)22-20(34-3)9-6-10-21(22)35-4)26(31)27(32)29(24)17-11-12-19(33-2)18(28)14-17/h5-14,24,30H,1-4H3/b25-23+. The second-order valence-corrected chi connectivity index (χ2v) is 8.35. The molecule has 1 fully saturated rings. The summed E-state index contributed by atoms with van der Waals surface area (Å²) in [5, 5.41) is 11.8. The number of hydrogen-bond acceptors (Lipinski definition) is 6. The molecular weight excluding hydrogens is 470 g/mol. The fourth-order valence-corrected chi connectivity index (χ4v) is 4.53. The molecular formula is C27H24ClNO6. The van der Waals surface area contributed by atoms with Crippen molar-refractivity contribution in [2.24, 2.45) is 0 Å². The number of anilines is 1. The van der Waals surface area contributed by atoms with Crippen LogP contribution in [0.4, 0.5) is 5.69 Å². The van der Waals surface area contributed by atoms with Gasteiger partial charge in [-0.25, -0.2) is 0 Å². The number of carbonyl (C=O) groups is 2. The van der Waals surface area contributed by atoms with Crippen LogP contribution in [0.3, 0.4) is 0 Å². The molecule has 8 heteroatoms. The van der Waals surface area contributed by atoms with Crippen molar-refractivity contribution in [3.8, 4) is 17.2 Å². The zero-order valence-electron chi connectivity index (χ0n) is 19.7. The summed E-state index contributed by atoms with van der Waals surface area (Å²) < 4.78 is 16.1. The maximum Gasteiger partial charge on any atom is 0.300 e. The van der Waals surface area contributed by atoms with Crippen molar-refractivity contribution in [3.63, 3.8) is 0 Å². The zero-order valence-corrected chi connectivity index (χ0v) is 20.4. The monoisotopic (exact) mass is 493 g/mol. The Hall–Kier alpha value is -3.97. The smallest absolute Gasteiger partial charge is 0.300 e. The van der Waals surface area contributed by atoms with E-state index < -0.39 is 23.5 Å². The van der Waals surface area contributed by atoms with Gasteiger partial charge in [0.15, 0.2) is 0 Å². The number of halogens is 1. The number of Topliss-reactive ketones (excluding diaryl/α,β-unsaturated/α-hetero) is 1. The van der Waals surface area contributed by atoms with Crippen LogP contribution in [0.2, 0.25) is 5.02 Å². The van der Waals surface area contributed by atoms with E-state index in [9.17, 15) is 14.7 Å². The molecule has 1 heterocycles. The van der Waals surface area contributed by atoms with Crippen molar-refractivity contribution < 1.29 is 28.9 Å². The number of ketones is 1. The van der Waals surface area contributed by atoms with Crippen LogP contribution >= 0.6 is 11.6 Å². The highest BCUT2D eigenvalue weighted by atomic mass is 35.5. The minimum absolute atomic E-state index is 0.0876. The lowest BCUT2D eigenvalue weighted by Crippen LogP contribution is -2.29. The van der Waals surface area contributed by atoms with E-state index in [1.165, 1.54) is 26.2 Å². The largest absolute Gasteiger partial charge is 0.506 e. The molecule has 0 radical (unpaired) electrons. The van der Waals surface area contributed by atoms with E-state index in [0.29, 0.717) is 28.5 Å². The number of aliphatic hydroxyl groups is 1. The van der Waals surface area contributed by atoms with Crippen molar-refractivity contribution in [1.29, 1.82) is 0 Å². The molecule has 180 valence electrons. The number of nitrogens with zero attached hydrogens (tertiary/aromatic N) is 1. The topological polar surface area (TPSA) is 85.3 Å². The second kappa shape index (κ2) is 9.72. The molecule has 1 amide bonds. The van der Waals surface area contributed by atoms with Crippen LogP contribution in [-0.2, 0) is 9.59 Å². The minimum atomic E-state index is -0.922. The Morgan fingerprint density at radius 2 is 1.51 bits per heavy atom. The first-order chi connectivity index (χ1) is 16.8. The van der Waals surface area contributed by atoms with Gasteiger partial charge in [0, 0.05) is 5.69 Å². The quantitative estimate of drug-likeness (QED) is 0.285. The highest BCUT2D eigenvalue weighted by molar-refractivity contribution is 6.52. The van der Waals surface area contributed by atoms with E-state index in [4.69, 9.17) is 25.8 Å². The fraction of sp³-hybridized carbons (Fsp3) is 0.185. The van der Waals surface area contributed by atoms with E-state index in [0.717, 1.165) is 5.56 Å². The van der Waals surface area contributed by atoms with E-state index in [1.54, 1.807) is 42.5 Å². The molecule has 3 aromatic carbocycles. The fourth-order valence-electron chi connectivity index (χ4n) is 4.28. The van der Waals surface area contributed by atoms with Gasteiger partial charge in [0.1, 0.15) is 28.6 Å². The third kappa shape index (κ3) is 4.19. The van der Waals surface area contributed by atoms with Crippen LogP contribution < -0.4 is 19.1 Å². The van der Waals surface area contributed by atoms with Gasteiger partial charge in [-0.3, -0.25) is 14.5 Å². The van der Waals surface area contributed by atoms with Crippen LogP contribution in [-0.4, -0.2) is 38.1 Å². The predicted octanol–water partition coefficient (Wildman–Crippen LogP) is 5.30. The van der Waals surface area contributed by atoms with Gasteiger partial charge in [-0.1, -0.05) is 47.5 Å². The number of carbonyl (C=O) groups excluding carboxylic acids is 2. The first-order valence-corrected chi connectivity index (χ1v) is 11.1. The average Bonchev–Trinajstić information content (AvgIpc) is 3.13. The lowest BCUT2D eigenvalue weighted by Gasteiger charge is -2.26. The van der Waals surface area contributed by atoms with E-state index in [1.807, 2.05) is 25.1 Å². The highest BCUT2D eigenvalue weighted by Crippen LogP contribution is 2.46. The summed E-state index contributed by atoms with van der Waals surface area (Å²) in [6.07, 6.45) is 0. The van der Waals surface area contributed by atoms with E-state index >= 15 is 0 Å². The molecule has 1 N–H and O–H groups in total. The number of ether oxygens (including phenoxy) is 3. The molecule has 1 aliphatic heterocycles. The minimum Gasteiger partial charge on any atom is -0.506 e. The van der Waals surface area contributed by atoms with Gasteiger partial charge in [0.05, 0.1) is 38.0 Å². The van der Waals surface area contributed by atoms with E-state index in [2.05, 4.69) is 0 Å². The van der Waals surface area contributed by atoms with Gasteiger partial charge in [-0.15, -0.1) is 0 Å². The second-order valence-electron chi connectivity index (χ2n) is 7.94. The molecule has 0 saturated carbocycles. The first kappa shape index (κ1) is 24.2. The van der Waals surface area contributed by atoms with Crippen molar-refractivity contribution in [1.82, 2.24) is 0 Å². The molecule has 4 rings (SSSR count). The van der Waals surface area contributed by atoms with Crippen LogP contribution in [0.25, 0.3) is 5.76 Å². The molecule has 1 atom stereocenters. The number of methoxy groups -OCH3 is 3. The van der Waals surface area contributed by atoms with Crippen LogP contribution in [0, 0.1) is 6.92 Å². The SMILES string of the molecule is COc1ccc(N2C(=O)C(=O)/C(=C(/O)c3c(OC)cccc3OC)C2c2cccc(C)c2)cc1Cl. The predicted molar refractivity (Wildman–Crippen MR) is 134 cm³/mol. The highest BCUT2D eigenvalue weighted by Gasteiger charge is 2.47. The summed E-state index contributed by atoms with van der Waals surface area (Å²) in [4.78, 5) is 28.2. The third-order valence-corrected chi connectivity index (χ3v) is 6.18. The summed E-state index contributed by atoms with van der Waals surface area (Å²) in [6, 6.07) is 16.3. The van der Waals surface area contributed by atoms with Crippen molar-refractivity contribution in [3.05, 3.63) is 87.9 Å². The molecule has 0 bridgehead atoms.